The van der Waals surface area contributed by atoms with E-state index in [0.717, 1.165) is 36.1 Å². The van der Waals surface area contributed by atoms with Crippen LogP contribution in [0, 0.1) is 0 Å². The Morgan fingerprint density at radius 3 is 3.00 bits per heavy atom. The summed E-state index contributed by atoms with van der Waals surface area (Å²) in [5, 5.41) is 7.99. The molecular formula is C18H19N3O3. The Morgan fingerprint density at radius 2 is 2.21 bits per heavy atom. The van der Waals surface area contributed by atoms with Gasteiger partial charge in [-0.25, -0.2) is 0 Å². The van der Waals surface area contributed by atoms with E-state index < -0.39 is 0 Å². The van der Waals surface area contributed by atoms with Crippen molar-refractivity contribution >= 4 is 16.8 Å². The minimum atomic E-state index is -0.112. The quantitative estimate of drug-likeness (QED) is 0.783. The lowest BCUT2D eigenvalue weighted by atomic mass is 10.1. The van der Waals surface area contributed by atoms with Gasteiger partial charge >= 0.3 is 0 Å². The Labute approximate surface area is 139 Å². The molecule has 124 valence electrons. The average Bonchev–Trinajstić information content (AvgIpc) is 3.35. The van der Waals surface area contributed by atoms with Crippen LogP contribution in [0.1, 0.15) is 29.1 Å². The minimum Gasteiger partial charge on any atom is -0.467 e. The molecule has 3 heterocycles. The number of aromatic amines is 1. The third kappa shape index (κ3) is 2.92. The summed E-state index contributed by atoms with van der Waals surface area (Å²) in [6.07, 6.45) is 3.71. The van der Waals surface area contributed by atoms with E-state index in [9.17, 15) is 4.79 Å². The SMILES string of the molecule is O=C(c1n[nH]c2ccccc12)N(Cc1ccco1)C[C@@H]1CCCO1. The molecule has 4 rings (SSSR count). The van der Waals surface area contributed by atoms with E-state index >= 15 is 0 Å². The number of para-hydroxylation sites is 1. The van der Waals surface area contributed by atoms with E-state index in [0.29, 0.717) is 18.8 Å². The van der Waals surface area contributed by atoms with Gasteiger partial charge in [0.1, 0.15) is 5.76 Å². The summed E-state index contributed by atoms with van der Waals surface area (Å²) in [4.78, 5) is 14.8. The van der Waals surface area contributed by atoms with Crippen LogP contribution in [0.15, 0.2) is 47.1 Å². The summed E-state index contributed by atoms with van der Waals surface area (Å²) in [7, 11) is 0. The van der Waals surface area contributed by atoms with Gasteiger partial charge in [0.05, 0.1) is 24.4 Å². The second-order valence-electron chi connectivity index (χ2n) is 6.02. The number of furan rings is 1. The van der Waals surface area contributed by atoms with E-state index in [1.807, 2.05) is 36.4 Å². The van der Waals surface area contributed by atoms with Gasteiger partial charge in [0, 0.05) is 18.5 Å². The Kier molecular flexibility index (Phi) is 4.04. The van der Waals surface area contributed by atoms with Gasteiger partial charge in [-0.1, -0.05) is 18.2 Å². The first kappa shape index (κ1) is 15.0. The molecule has 1 aliphatic heterocycles. The second kappa shape index (κ2) is 6.49. The third-order valence-corrected chi connectivity index (χ3v) is 4.33. The van der Waals surface area contributed by atoms with Gasteiger partial charge in [-0.3, -0.25) is 9.89 Å². The molecule has 0 radical (unpaired) electrons. The van der Waals surface area contributed by atoms with Crippen LogP contribution < -0.4 is 0 Å². The fourth-order valence-electron chi connectivity index (χ4n) is 3.12. The highest BCUT2D eigenvalue weighted by atomic mass is 16.5. The molecule has 2 aromatic heterocycles. The zero-order chi connectivity index (χ0) is 16.4. The van der Waals surface area contributed by atoms with Crippen molar-refractivity contribution in [3.8, 4) is 0 Å². The van der Waals surface area contributed by atoms with Crippen molar-refractivity contribution in [1.82, 2.24) is 15.1 Å². The molecule has 6 heteroatoms. The molecule has 0 aliphatic carbocycles. The fourth-order valence-corrected chi connectivity index (χ4v) is 3.12. The predicted molar refractivity (Wildman–Crippen MR) is 88.5 cm³/mol. The van der Waals surface area contributed by atoms with Gasteiger partial charge < -0.3 is 14.1 Å². The summed E-state index contributed by atoms with van der Waals surface area (Å²) in [6, 6.07) is 11.3. The number of carbonyl (C=O) groups excluding carboxylic acids is 1. The number of H-pyrrole nitrogens is 1. The van der Waals surface area contributed by atoms with Crippen LogP contribution >= 0.6 is 0 Å². The van der Waals surface area contributed by atoms with E-state index in [-0.39, 0.29) is 12.0 Å². The van der Waals surface area contributed by atoms with E-state index in [1.54, 1.807) is 11.2 Å². The van der Waals surface area contributed by atoms with Crippen LogP contribution in [-0.4, -0.2) is 40.3 Å². The molecule has 6 nitrogen and oxygen atoms in total. The number of amides is 1. The van der Waals surface area contributed by atoms with Crippen molar-refractivity contribution in [1.29, 1.82) is 0 Å². The molecule has 1 fully saturated rings. The molecule has 0 bridgehead atoms. The maximum Gasteiger partial charge on any atom is 0.275 e. The highest BCUT2D eigenvalue weighted by molar-refractivity contribution is 6.04. The minimum absolute atomic E-state index is 0.0779. The van der Waals surface area contributed by atoms with E-state index in [1.165, 1.54) is 0 Å². The smallest absolute Gasteiger partial charge is 0.275 e. The maximum absolute atomic E-state index is 13.1. The second-order valence-corrected chi connectivity index (χ2v) is 6.02. The van der Waals surface area contributed by atoms with Gasteiger partial charge in [0.15, 0.2) is 5.69 Å². The standard InChI is InChI=1S/C18H19N3O3/c22-18(17-15-7-1-2-8-16(15)19-20-17)21(11-13-5-3-9-23-13)12-14-6-4-10-24-14/h1-3,5,7-9,14H,4,6,10-12H2,(H,19,20)/t14-/m0/s1. The molecule has 24 heavy (non-hydrogen) atoms. The van der Waals surface area contributed by atoms with Crippen molar-refractivity contribution in [3.63, 3.8) is 0 Å². The number of aromatic nitrogens is 2. The highest BCUT2D eigenvalue weighted by Crippen LogP contribution is 2.21. The first-order valence-corrected chi connectivity index (χ1v) is 8.17. The van der Waals surface area contributed by atoms with Crippen molar-refractivity contribution in [2.75, 3.05) is 13.2 Å². The molecule has 3 aromatic rings. The molecule has 1 aliphatic rings. The zero-order valence-corrected chi connectivity index (χ0v) is 13.3. The van der Waals surface area contributed by atoms with Crippen LogP contribution in [0.4, 0.5) is 0 Å². The number of carbonyl (C=O) groups is 1. The van der Waals surface area contributed by atoms with Crippen molar-refractivity contribution in [2.24, 2.45) is 0 Å². The lowest BCUT2D eigenvalue weighted by molar-refractivity contribution is 0.0488. The number of nitrogens with zero attached hydrogens (tertiary/aromatic N) is 2. The molecule has 1 N–H and O–H groups in total. The largest absolute Gasteiger partial charge is 0.467 e. The molecule has 1 amide bonds. The van der Waals surface area contributed by atoms with Crippen molar-refractivity contribution in [3.05, 3.63) is 54.1 Å². The topological polar surface area (TPSA) is 71.4 Å². The molecule has 1 aromatic carbocycles. The van der Waals surface area contributed by atoms with Crippen molar-refractivity contribution < 1.29 is 13.9 Å². The van der Waals surface area contributed by atoms with E-state index in [2.05, 4.69) is 10.2 Å². The molecule has 1 saturated heterocycles. The normalized spacial score (nSPS) is 17.4. The van der Waals surface area contributed by atoms with Gasteiger partial charge in [-0.15, -0.1) is 0 Å². The molecule has 0 saturated carbocycles. The number of hydrogen-bond acceptors (Lipinski definition) is 4. The Bertz CT molecular complexity index is 819. The Morgan fingerprint density at radius 1 is 1.29 bits per heavy atom. The maximum atomic E-state index is 13.1. The number of rotatable bonds is 5. The summed E-state index contributed by atoms with van der Waals surface area (Å²) < 4.78 is 11.1. The summed E-state index contributed by atoms with van der Waals surface area (Å²) in [5.41, 5.74) is 1.30. The lowest BCUT2D eigenvalue weighted by Crippen LogP contribution is -2.37. The van der Waals surface area contributed by atoms with E-state index in [4.69, 9.17) is 9.15 Å². The average molecular weight is 325 g/mol. The zero-order valence-electron chi connectivity index (χ0n) is 13.3. The highest BCUT2D eigenvalue weighted by Gasteiger charge is 2.26. The van der Waals surface area contributed by atoms with Gasteiger partial charge in [-0.05, 0) is 31.0 Å². The van der Waals surface area contributed by atoms with Crippen LogP contribution in [0.5, 0.6) is 0 Å². The van der Waals surface area contributed by atoms with Crippen LogP contribution in [0.3, 0.4) is 0 Å². The monoisotopic (exact) mass is 325 g/mol. The first-order chi connectivity index (χ1) is 11.8. The number of benzene rings is 1. The summed E-state index contributed by atoms with van der Waals surface area (Å²) >= 11 is 0. The lowest BCUT2D eigenvalue weighted by Gasteiger charge is -2.24. The summed E-state index contributed by atoms with van der Waals surface area (Å²) in [6.45, 7) is 1.71. The fraction of sp³-hybridized carbons (Fsp3) is 0.333. The van der Waals surface area contributed by atoms with Crippen LogP contribution in [0.2, 0.25) is 0 Å². The van der Waals surface area contributed by atoms with Crippen LogP contribution in [-0.2, 0) is 11.3 Å². The molecular weight excluding hydrogens is 306 g/mol. The van der Waals surface area contributed by atoms with Gasteiger partial charge in [0.25, 0.3) is 5.91 Å². The number of nitrogens with one attached hydrogen (secondary N) is 1. The van der Waals surface area contributed by atoms with Gasteiger partial charge in [-0.2, -0.15) is 5.10 Å². The van der Waals surface area contributed by atoms with Crippen molar-refractivity contribution in [2.45, 2.75) is 25.5 Å². The predicted octanol–water partition coefficient (Wildman–Crippen LogP) is 2.98. The van der Waals surface area contributed by atoms with Crippen LogP contribution in [0.25, 0.3) is 10.9 Å². The first-order valence-electron chi connectivity index (χ1n) is 8.17. The molecule has 0 unspecified atom stereocenters. The number of hydrogen-bond donors (Lipinski definition) is 1. The molecule has 1 atom stereocenters. The number of ether oxygens (including phenoxy) is 1. The molecule has 0 spiro atoms. The summed E-state index contributed by atoms with van der Waals surface area (Å²) in [5.74, 6) is 0.639. The van der Waals surface area contributed by atoms with Gasteiger partial charge in [0.2, 0.25) is 0 Å². The Balaban J connectivity index is 1.62. The number of fused-ring (bicyclic) bond motifs is 1. The third-order valence-electron chi connectivity index (χ3n) is 4.33. The Hall–Kier alpha value is -2.60.